The monoisotopic (exact) mass is 264 g/mol. The fraction of sp³-hybridized carbons (Fsp3) is 0.500. The summed E-state index contributed by atoms with van der Waals surface area (Å²) in [7, 11) is 1.54. The average Bonchev–Trinajstić information content (AvgIpc) is 2.46. The number of amides is 2. The van der Waals surface area contributed by atoms with Crippen LogP contribution >= 0.6 is 0 Å². The van der Waals surface area contributed by atoms with Crippen molar-refractivity contribution in [2.75, 3.05) is 26.7 Å². The maximum absolute atomic E-state index is 12.2. The van der Waals surface area contributed by atoms with Gasteiger partial charge in [0.2, 0.25) is 0 Å². The van der Waals surface area contributed by atoms with Crippen LogP contribution in [0.4, 0.5) is 0 Å². The molecule has 0 saturated carbocycles. The third-order valence-corrected chi connectivity index (χ3v) is 3.05. The summed E-state index contributed by atoms with van der Waals surface area (Å²) >= 11 is 0. The first-order valence-electron chi connectivity index (χ1n) is 5.98. The largest absolute Gasteiger partial charge is 0.362 e. The molecule has 1 aromatic heterocycles. The van der Waals surface area contributed by atoms with Gasteiger partial charge in [-0.15, -0.1) is 0 Å². The molecule has 1 N–H and O–H groups in total. The summed E-state index contributed by atoms with van der Waals surface area (Å²) in [6, 6.07) is 0. The molecule has 2 heterocycles. The first kappa shape index (κ1) is 13.4. The zero-order valence-corrected chi connectivity index (χ0v) is 10.9. The topological polar surface area (TPSA) is 84.4 Å². The zero-order chi connectivity index (χ0) is 13.9. The van der Waals surface area contributed by atoms with E-state index in [0.717, 1.165) is 0 Å². The number of likely N-dealkylation sites (N-methyl/N-ethyl adjacent to an activating group) is 1. The van der Waals surface area contributed by atoms with Gasteiger partial charge in [-0.05, 0) is 6.92 Å². The normalized spacial score (nSPS) is 22.9. The summed E-state index contributed by atoms with van der Waals surface area (Å²) < 4.78 is 5.49. The first-order valence-corrected chi connectivity index (χ1v) is 5.98. The van der Waals surface area contributed by atoms with Crippen molar-refractivity contribution in [1.82, 2.24) is 20.2 Å². The molecule has 0 aliphatic carbocycles. The van der Waals surface area contributed by atoms with E-state index in [1.54, 1.807) is 18.9 Å². The van der Waals surface area contributed by atoms with E-state index in [9.17, 15) is 9.59 Å². The predicted molar refractivity (Wildman–Crippen MR) is 66.4 cm³/mol. The lowest BCUT2D eigenvalue weighted by molar-refractivity contribution is -0.153. The molecule has 0 aromatic carbocycles. The molecule has 1 atom stereocenters. The highest BCUT2D eigenvalue weighted by atomic mass is 16.5. The fourth-order valence-corrected chi connectivity index (χ4v) is 2.02. The van der Waals surface area contributed by atoms with E-state index in [2.05, 4.69) is 15.3 Å². The number of carbonyl (C=O) groups is 2. The minimum atomic E-state index is -1.02. The molecule has 0 spiro atoms. The van der Waals surface area contributed by atoms with Crippen LogP contribution in [0.5, 0.6) is 0 Å². The Morgan fingerprint density at radius 3 is 2.89 bits per heavy atom. The van der Waals surface area contributed by atoms with Crippen molar-refractivity contribution >= 4 is 11.8 Å². The highest BCUT2D eigenvalue weighted by Gasteiger charge is 2.40. The molecule has 0 radical (unpaired) electrons. The first-order chi connectivity index (χ1) is 9.07. The molecule has 1 saturated heterocycles. The number of ether oxygens (including phenoxy) is 1. The summed E-state index contributed by atoms with van der Waals surface area (Å²) in [6.45, 7) is 2.61. The fourth-order valence-electron chi connectivity index (χ4n) is 2.02. The van der Waals surface area contributed by atoms with Gasteiger partial charge in [-0.25, -0.2) is 4.98 Å². The molecule has 2 amide bonds. The van der Waals surface area contributed by atoms with E-state index in [1.165, 1.54) is 18.6 Å². The number of morpholine rings is 1. The van der Waals surface area contributed by atoms with Crippen molar-refractivity contribution in [1.29, 1.82) is 0 Å². The third kappa shape index (κ3) is 2.70. The molecule has 7 heteroatoms. The molecule has 1 unspecified atom stereocenters. The Balaban J connectivity index is 2.14. The van der Waals surface area contributed by atoms with Gasteiger partial charge in [-0.2, -0.15) is 0 Å². The number of nitrogens with zero attached hydrogens (tertiary/aromatic N) is 3. The molecule has 102 valence electrons. The van der Waals surface area contributed by atoms with Gasteiger partial charge in [0.1, 0.15) is 5.69 Å². The minimum absolute atomic E-state index is 0.197. The van der Waals surface area contributed by atoms with Crippen LogP contribution < -0.4 is 5.32 Å². The SMILES string of the molecule is CNC(=O)C1(C)CN(C(=O)c2cnccn2)CCO1. The highest BCUT2D eigenvalue weighted by Crippen LogP contribution is 2.19. The van der Waals surface area contributed by atoms with Crippen LogP contribution in [-0.2, 0) is 9.53 Å². The van der Waals surface area contributed by atoms with E-state index >= 15 is 0 Å². The van der Waals surface area contributed by atoms with E-state index in [1.807, 2.05) is 0 Å². The van der Waals surface area contributed by atoms with E-state index in [-0.39, 0.29) is 24.1 Å². The van der Waals surface area contributed by atoms with Crippen LogP contribution in [0.25, 0.3) is 0 Å². The van der Waals surface area contributed by atoms with Gasteiger partial charge < -0.3 is 15.0 Å². The van der Waals surface area contributed by atoms with Crippen molar-refractivity contribution in [3.63, 3.8) is 0 Å². The Hall–Kier alpha value is -2.02. The molecule has 19 heavy (non-hydrogen) atoms. The second kappa shape index (κ2) is 5.31. The lowest BCUT2D eigenvalue weighted by atomic mass is 10.0. The van der Waals surface area contributed by atoms with Crippen molar-refractivity contribution < 1.29 is 14.3 Å². The second-order valence-electron chi connectivity index (χ2n) is 4.48. The number of aromatic nitrogens is 2. The molecule has 1 fully saturated rings. The number of carbonyl (C=O) groups excluding carboxylic acids is 2. The lowest BCUT2D eigenvalue weighted by Gasteiger charge is -2.38. The maximum Gasteiger partial charge on any atom is 0.274 e. The van der Waals surface area contributed by atoms with Crippen LogP contribution in [0, 0.1) is 0 Å². The Labute approximate surface area is 111 Å². The second-order valence-corrected chi connectivity index (χ2v) is 4.48. The number of hydrogen-bond acceptors (Lipinski definition) is 5. The number of rotatable bonds is 2. The van der Waals surface area contributed by atoms with Crippen molar-refractivity contribution in [3.05, 3.63) is 24.3 Å². The van der Waals surface area contributed by atoms with Crippen LogP contribution in [-0.4, -0.2) is 59.0 Å². The standard InChI is InChI=1S/C12H16N4O3/c1-12(11(18)13-2)8-16(5-6-19-12)10(17)9-7-14-3-4-15-9/h3-4,7H,5-6,8H2,1-2H3,(H,13,18). The summed E-state index contributed by atoms with van der Waals surface area (Å²) in [4.78, 5) is 33.4. The van der Waals surface area contributed by atoms with Gasteiger partial charge in [0.15, 0.2) is 5.60 Å². The van der Waals surface area contributed by atoms with Gasteiger partial charge in [0.25, 0.3) is 11.8 Å². The van der Waals surface area contributed by atoms with Crippen molar-refractivity contribution in [2.45, 2.75) is 12.5 Å². The Morgan fingerprint density at radius 1 is 1.47 bits per heavy atom. The smallest absolute Gasteiger partial charge is 0.274 e. The zero-order valence-electron chi connectivity index (χ0n) is 10.9. The molecule has 1 aliphatic rings. The summed E-state index contributed by atoms with van der Waals surface area (Å²) in [5.74, 6) is -0.490. The van der Waals surface area contributed by atoms with Gasteiger partial charge in [0, 0.05) is 26.0 Å². The minimum Gasteiger partial charge on any atom is -0.362 e. The molecule has 7 nitrogen and oxygen atoms in total. The summed E-state index contributed by atoms with van der Waals surface area (Å²) in [5, 5.41) is 2.54. The molecular formula is C12H16N4O3. The van der Waals surface area contributed by atoms with Gasteiger partial charge in [-0.1, -0.05) is 0 Å². The lowest BCUT2D eigenvalue weighted by Crippen LogP contribution is -2.58. The number of hydrogen-bond donors (Lipinski definition) is 1. The van der Waals surface area contributed by atoms with Gasteiger partial charge in [0.05, 0.1) is 19.3 Å². The Kier molecular flexibility index (Phi) is 3.75. The predicted octanol–water partition coefficient (Wildman–Crippen LogP) is -0.546. The van der Waals surface area contributed by atoms with Crippen LogP contribution in [0.1, 0.15) is 17.4 Å². The molecular weight excluding hydrogens is 248 g/mol. The Bertz CT molecular complexity index is 479. The highest BCUT2D eigenvalue weighted by molar-refractivity contribution is 5.93. The van der Waals surface area contributed by atoms with Gasteiger partial charge >= 0.3 is 0 Å². The van der Waals surface area contributed by atoms with E-state index in [4.69, 9.17) is 4.74 Å². The van der Waals surface area contributed by atoms with E-state index in [0.29, 0.717) is 13.2 Å². The van der Waals surface area contributed by atoms with Crippen molar-refractivity contribution in [2.24, 2.45) is 0 Å². The Morgan fingerprint density at radius 2 is 2.26 bits per heavy atom. The molecule has 0 bridgehead atoms. The van der Waals surface area contributed by atoms with Crippen LogP contribution in [0.2, 0.25) is 0 Å². The van der Waals surface area contributed by atoms with E-state index < -0.39 is 5.60 Å². The average molecular weight is 264 g/mol. The third-order valence-electron chi connectivity index (χ3n) is 3.05. The summed E-state index contributed by atoms with van der Waals surface area (Å²) in [6.07, 6.45) is 4.38. The molecule has 1 aromatic rings. The van der Waals surface area contributed by atoms with Crippen LogP contribution in [0.15, 0.2) is 18.6 Å². The molecule has 1 aliphatic heterocycles. The van der Waals surface area contributed by atoms with Crippen LogP contribution in [0.3, 0.4) is 0 Å². The number of nitrogens with one attached hydrogen (secondary N) is 1. The maximum atomic E-state index is 12.2. The van der Waals surface area contributed by atoms with Gasteiger partial charge in [-0.3, -0.25) is 14.6 Å². The van der Waals surface area contributed by atoms with Crippen molar-refractivity contribution in [3.8, 4) is 0 Å². The quantitative estimate of drug-likeness (QED) is 0.775. The summed E-state index contributed by atoms with van der Waals surface area (Å²) in [5.41, 5.74) is -0.756. The molecule has 2 rings (SSSR count).